The standard InChI is InChI=1S/C41H60O5Si/c1-40(2,3)47(5,6)46-36(33-19-13-10-14-20-33)28-26-35-27-29-37(41(35,4)30-16-8-7-15-21-38(42)43)45-39(44)34-24-22-32(23-25-34)31-17-11-9-12-18-31/h9,11-12,17-18,22-25,27,33,36-37H,7-8,10,13-16,19-21,26,28-30H2,1-6H3,(H,42,43)/t36?,37-,41+/m0/s1. The molecular weight excluding hydrogens is 601 g/mol. The van der Waals surface area contributed by atoms with E-state index >= 15 is 0 Å². The SMILES string of the molecule is CC(C)(C)[Si](C)(C)OC(CCC1=CC[C@H](OC(=O)c2ccc(-c3ccccc3)cc2)[C@]1(C)CCCCCCC(=O)O)C1CCCCC1. The molecule has 0 heterocycles. The lowest BCUT2D eigenvalue weighted by Crippen LogP contribution is -2.46. The molecule has 0 bridgehead atoms. The average molecular weight is 661 g/mol. The third kappa shape index (κ3) is 10.1. The molecule has 0 aliphatic heterocycles. The molecule has 2 aliphatic carbocycles. The maximum absolute atomic E-state index is 13.5. The number of rotatable bonds is 16. The Hall–Kier alpha value is -2.70. The number of benzene rings is 2. The number of unbranched alkanes of at least 4 members (excludes halogenated alkanes) is 3. The molecule has 5 nitrogen and oxygen atoms in total. The molecule has 1 unspecified atom stereocenters. The Labute approximate surface area is 285 Å². The summed E-state index contributed by atoms with van der Waals surface area (Å²) in [5, 5.41) is 9.22. The van der Waals surface area contributed by atoms with Crippen molar-refractivity contribution in [2.45, 2.75) is 148 Å². The minimum absolute atomic E-state index is 0.167. The van der Waals surface area contributed by atoms with E-state index in [1.54, 1.807) is 0 Å². The fourth-order valence-corrected chi connectivity index (χ4v) is 8.76. The minimum Gasteiger partial charge on any atom is -0.481 e. The van der Waals surface area contributed by atoms with Gasteiger partial charge in [-0.1, -0.05) is 120 Å². The van der Waals surface area contributed by atoms with E-state index in [2.05, 4.69) is 59.0 Å². The monoisotopic (exact) mass is 660 g/mol. The highest BCUT2D eigenvalue weighted by Crippen LogP contribution is 2.48. The summed E-state index contributed by atoms with van der Waals surface area (Å²) in [6.45, 7) is 14.1. The predicted molar refractivity (Wildman–Crippen MR) is 195 cm³/mol. The van der Waals surface area contributed by atoms with Gasteiger partial charge in [0.25, 0.3) is 0 Å². The first-order valence-corrected chi connectivity index (χ1v) is 21.2. The summed E-state index contributed by atoms with van der Waals surface area (Å²) >= 11 is 0. The van der Waals surface area contributed by atoms with Gasteiger partial charge in [0.2, 0.25) is 0 Å². The van der Waals surface area contributed by atoms with Crippen LogP contribution >= 0.6 is 0 Å². The molecule has 2 aliphatic rings. The van der Waals surface area contributed by atoms with E-state index in [1.165, 1.54) is 37.7 Å². The van der Waals surface area contributed by atoms with Crippen molar-refractivity contribution in [1.82, 2.24) is 0 Å². The first-order chi connectivity index (χ1) is 22.3. The summed E-state index contributed by atoms with van der Waals surface area (Å²) in [6.07, 6.45) is 16.3. The molecule has 4 rings (SSSR count). The maximum atomic E-state index is 13.5. The average Bonchev–Trinajstić information content (AvgIpc) is 3.35. The van der Waals surface area contributed by atoms with Crippen LogP contribution in [0.5, 0.6) is 0 Å². The van der Waals surface area contributed by atoms with Crippen molar-refractivity contribution in [3.63, 3.8) is 0 Å². The summed E-state index contributed by atoms with van der Waals surface area (Å²) in [5.74, 6) is -0.375. The molecule has 47 heavy (non-hydrogen) atoms. The largest absolute Gasteiger partial charge is 0.481 e. The smallest absolute Gasteiger partial charge is 0.338 e. The lowest BCUT2D eigenvalue weighted by Gasteiger charge is -2.43. The van der Waals surface area contributed by atoms with E-state index in [-0.39, 0.29) is 35.1 Å². The second-order valence-corrected chi connectivity index (χ2v) is 20.6. The van der Waals surface area contributed by atoms with Crippen LogP contribution in [0.4, 0.5) is 0 Å². The molecule has 6 heteroatoms. The van der Waals surface area contributed by atoms with Crippen molar-refractivity contribution in [1.29, 1.82) is 0 Å². The first kappa shape index (κ1) is 37.1. The Bertz CT molecular complexity index is 1320. The van der Waals surface area contributed by atoms with E-state index in [1.807, 2.05) is 42.5 Å². The molecule has 0 amide bonds. The topological polar surface area (TPSA) is 72.8 Å². The molecule has 2 aromatic rings. The summed E-state index contributed by atoms with van der Waals surface area (Å²) < 4.78 is 13.5. The zero-order chi connectivity index (χ0) is 34.1. The molecule has 258 valence electrons. The van der Waals surface area contributed by atoms with Gasteiger partial charge >= 0.3 is 11.9 Å². The van der Waals surface area contributed by atoms with Crippen LogP contribution < -0.4 is 0 Å². The first-order valence-electron chi connectivity index (χ1n) is 18.3. The van der Waals surface area contributed by atoms with Crippen molar-refractivity contribution in [2.75, 3.05) is 0 Å². The number of carboxylic acids is 1. The number of carbonyl (C=O) groups excluding carboxylic acids is 1. The highest BCUT2D eigenvalue weighted by molar-refractivity contribution is 6.74. The fourth-order valence-electron chi connectivity index (χ4n) is 7.34. The van der Waals surface area contributed by atoms with Gasteiger partial charge in [0.1, 0.15) is 6.10 Å². The number of carbonyl (C=O) groups is 2. The zero-order valence-electron chi connectivity index (χ0n) is 30.0. The summed E-state index contributed by atoms with van der Waals surface area (Å²) in [7, 11) is -1.94. The van der Waals surface area contributed by atoms with Gasteiger partial charge in [-0.25, -0.2) is 4.79 Å². The molecule has 1 N–H and O–H groups in total. The van der Waals surface area contributed by atoms with E-state index in [4.69, 9.17) is 14.3 Å². The highest BCUT2D eigenvalue weighted by atomic mass is 28.4. The molecular formula is C41H60O5Si. The second kappa shape index (κ2) is 16.6. The minimum atomic E-state index is -1.94. The van der Waals surface area contributed by atoms with Crippen LogP contribution in [0.15, 0.2) is 66.2 Å². The lowest BCUT2D eigenvalue weighted by atomic mass is 9.74. The van der Waals surface area contributed by atoms with Crippen molar-refractivity contribution >= 4 is 20.3 Å². The van der Waals surface area contributed by atoms with Gasteiger partial charge in [-0.15, -0.1) is 0 Å². The third-order valence-electron chi connectivity index (χ3n) is 11.5. The fraction of sp³-hybridized carbons (Fsp3) is 0.610. The molecule has 3 atom stereocenters. The lowest BCUT2D eigenvalue weighted by molar-refractivity contribution is -0.137. The Morgan fingerprint density at radius 2 is 1.55 bits per heavy atom. The van der Waals surface area contributed by atoms with Crippen LogP contribution in [0.2, 0.25) is 18.1 Å². The van der Waals surface area contributed by atoms with Crippen LogP contribution in [0.1, 0.15) is 128 Å². The predicted octanol–water partition coefficient (Wildman–Crippen LogP) is 11.4. The van der Waals surface area contributed by atoms with E-state index in [0.29, 0.717) is 17.9 Å². The number of ether oxygens (including phenoxy) is 1. The summed E-state index contributed by atoms with van der Waals surface area (Å²) in [4.78, 5) is 24.5. The number of carboxylic acid groups (broad SMARTS) is 1. The van der Waals surface area contributed by atoms with Gasteiger partial charge in [0.05, 0.1) is 5.56 Å². The molecule has 1 fully saturated rings. The normalized spacial score (nSPS) is 21.3. The Morgan fingerprint density at radius 3 is 2.19 bits per heavy atom. The van der Waals surface area contributed by atoms with Gasteiger partial charge in [-0.2, -0.15) is 0 Å². The number of aliphatic carboxylic acids is 1. The quantitative estimate of drug-likeness (QED) is 0.0839. The van der Waals surface area contributed by atoms with Crippen molar-refractivity contribution in [2.24, 2.45) is 11.3 Å². The molecule has 0 radical (unpaired) electrons. The van der Waals surface area contributed by atoms with Gasteiger partial charge < -0.3 is 14.3 Å². The maximum Gasteiger partial charge on any atom is 0.338 e. The molecule has 0 spiro atoms. The van der Waals surface area contributed by atoms with E-state index in [0.717, 1.165) is 56.1 Å². The Kier molecular flexibility index (Phi) is 13.1. The van der Waals surface area contributed by atoms with Gasteiger partial charge in [0.15, 0.2) is 8.32 Å². The molecule has 2 aromatic carbocycles. The van der Waals surface area contributed by atoms with Gasteiger partial charge in [-0.3, -0.25) is 4.79 Å². The highest BCUT2D eigenvalue weighted by Gasteiger charge is 2.45. The van der Waals surface area contributed by atoms with Gasteiger partial charge in [-0.05, 0) is 85.8 Å². The van der Waals surface area contributed by atoms with Crippen molar-refractivity contribution in [3.05, 3.63) is 71.8 Å². The van der Waals surface area contributed by atoms with Crippen molar-refractivity contribution < 1.29 is 23.9 Å². The van der Waals surface area contributed by atoms with Crippen LogP contribution in [-0.4, -0.2) is 37.6 Å². The van der Waals surface area contributed by atoms with Crippen molar-refractivity contribution in [3.8, 4) is 11.1 Å². The molecule has 0 saturated heterocycles. The van der Waals surface area contributed by atoms with Crippen LogP contribution in [0.25, 0.3) is 11.1 Å². The number of hydrogen-bond acceptors (Lipinski definition) is 4. The zero-order valence-corrected chi connectivity index (χ0v) is 31.0. The van der Waals surface area contributed by atoms with Gasteiger partial charge in [0, 0.05) is 24.4 Å². The van der Waals surface area contributed by atoms with E-state index < -0.39 is 14.3 Å². The van der Waals surface area contributed by atoms with E-state index in [9.17, 15) is 9.59 Å². The summed E-state index contributed by atoms with van der Waals surface area (Å²) in [6, 6.07) is 17.9. The van der Waals surface area contributed by atoms with Crippen LogP contribution in [0, 0.1) is 11.3 Å². The van der Waals surface area contributed by atoms with Crippen LogP contribution in [-0.2, 0) is 14.0 Å². The molecule has 1 saturated carbocycles. The second-order valence-electron chi connectivity index (χ2n) is 15.9. The Morgan fingerprint density at radius 1 is 0.915 bits per heavy atom. The van der Waals surface area contributed by atoms with Crippen LogP contribution in [0.3, 0.4) is 0 Å². The number of esters is 1. The summed E-state index contributed by atoms with van der Waals surface area (Å²) in [5.41, 5.74) is 3.93. The Balaban J connectivity index is 1.47. The third-order valence-corrected chi connectivity index (χ3v) is 16.0. The molecule has 0 aromatic heterocycles. The number of hydrogen-bond donors (Lipinski definition) is 1.